The number of benzene rings is 1. The Bertz CT molecular complexity index is 463. The van der Waals surface area contributed by atoms with Crippen LogP contribution >= 0.6 is 0 Å². The van der Waals surface area contributed by atoms with Crippen LogP contribution in [0.15, 0.2) is 35.2 Å². The lowest BCUT2D eigenvalue weighted by molar-refractivity contribution is 0.172. The van der Waals surface area contributed by atoms with E-state index in [1.165, 1.54) is 43.9 Å². The summed E-state index contributed by atoms with van der Waals surface area (Å²) in [5, 5.41) is 0. The van der Waals surface area contributed by atoms with Gasteiger partial charge in [0.1, 0.15) is 0 Å². The van der Waals surface area contributed by atoms with Gasteiger partial charge in [0, 0.05) is 0 Å². The summed E-state index contributed by atoms with van der Waals surface area (Å²) < 4.78 is 51.3. The lowest BCUT2D eigenvalue weighted by Gasteiger charge is -2.27. The summed E-state index contributed by atoms with van der Waals surface area (Å²) >= 11 is 0. The maximum atomic E-state index is 13.9. The van der Waals surface area contributed by atoms with Crippen LogP contribution in [0.4, 0.5) is 8.78 Å². The van der Waals surface area contributed by atoms with Crippen molar-refractivity contribution in [3.8, 4) is 0 Å². The highest BCUT2D eigenvalue weighted by molar-refractivity contribution is 7.94. The van der Waals surface area contributed by atoms with Gasteiger partial charge in [-0.25, -0.2) is 8.42 Å². The molecule has 0 bridgehead atoms. The largest absolute Gasteiger partial charge is 0.327 e. The lowest BCUT2D eigenvalue weighted by atomic mass is 10.4. The van der Waals surface area contributed by atoms with Gasteiger partial charge in [-0.05, 0) is 12.1 Å². The van der Waals surface area contributed by atoms with Gasteiger partial charge in [-0.1, -0.05) is 37.8 Å². The van der Waals surface area contributed by atoms with E-state index < -0.39 is 22.8 Å². The quantitative estimate of drug-likeness (QED) is 0.787. The van der Waals surface area contributed by atoms with Crippen molar-refractivity contribution in [1.82, 2.24) is 0 Å². The van der Waals surface area contributed by atoms with Crippen molar-refractivity contribution in [1.29, 1.82) is 0 Å². The number of alkyl halides is 2. The summed E-state index contributed by atoms with van der Waals surface area (Å²) in [5.41, 5.74) is 0. The average molecular weight is 264 g/mol. The summed E-state index contributed by atoms with van der Waals surface area (Å²) in [6, 6.07) is 6.86. The fourth-order valence-corrected chi connectivity index (χ4v) is 5.54. The number of hydrogen-bond donors (Lipinski definition) is 0. The van der Waals surface area contributed by atoms with Crippen LogP contribution in [0.3, 0.4) is 0 Å². The molecule has 0 N–H and O–H groups in total. The van der Waals surface area contributed by atoms with Gasteiger partial charge in [-0.3, -0.25) is 0 Å². The van der Waals surface area contributed by atoms with E-state index in [1.54, 1.807) is 6.07 Å². The molecule has 6 heteroatoms. The van der Waals surface area contributed by atoms with E-state index in [-0.39, 0.29) is 4.90 Å². The summed E-state index contributed by atoms with van der Waals surface area (Å²) in [4.78, 5) is -3.97. The smallest absolute Gasteiger partial charge is 0.218 e. The number of sulfone groups is 1. The van der Waals surface area contributed by atoms with E-state index in [1.807, 2.05) is 0 Å². The highest BCUT2D eigenvalue weighted by Gasteiger charge is 2.56. The van der Waals surface area contributed by atoms with E-state index in [4.69, 9.17) is 0 Å². The molecule has 0 spiro atoms. The Hall–Kier alpha value is -0.753. The fourth-order valence-electron chi connectivity index (χ4n) is 1.15. The standard InChI is InChI=1S/C10H14F2O2SSi/c1-16(2,3)10(11,12)15(13,14)9-7-5-4-6-8-9/h4-8H,1-3H3. The minimum atomic E-state index is -4.57. The topological polar surface area (TPSA) is 34.1 Å². The first-order valence-electron chi connectivity index (χ1n) is 4.78. The second-order valence-corrected chi connectivity index (χ2v) is 12.1. The molecule has 0 aromatic heterocycles. The molecular weight excluding hydrogens is 250 g/mol. The molecule has 16 heavy (non-hydrogen) atoms. The molecule has 1 aromatic rings. The van der Waals surface area contributed by atoms with Crippen molar-refractivity contribution in [3.05, 3.63) is 30.3 Å². The third-order valence-electron chi connectivity index (χ3n) is 2.26. The third-order valence-corrected chi connectivity index (χ3v) is 8.22. The maximum Gasteiger partial charge on any atom is 0.327 e. The van der Waals surface area contributed by atoms with Crippen LogP contribution in [0.1, 0.15) is 0 Å². The molecule has 0 fully saturated rings. The van der Waals surface area contributed by atoms with Crippen LogP contribution in [-0.2, 0) is 9.84 Å². The van der Waals surface area contributed by atoms with E-state index in [0.717, 1.165) is 0 Å². The normalized spacial score (nSPS) is 13.8. The zero-order valence-corrected chi connectivity index (χ0v) is 11.2. The third kappa shape index (κ3) is 2.03. The molecule has 2 nitrogen and oxygen atoms in total. The summed E-state index contributed by atoms with van der Waals surface area (Å²) in [6.45, 7) is 4.02. The molecule has 1 rings (SSSR count). The van der Waals surface area contributed by atoms with Crippen molar-refractivity contribution in [2.75, 3.05) is 0 Å². The molecule has 0 unspecified atom stereocenters. The minimum Gasteiger partial charge on any atom is -0.218 e. The van der Waals surface area contributed by atoms with Gasteiger partial charge in [-0.2, -0.15) is 8.78 Å². The van der Waals surface area contributed by atoms with Gasteiger partial charge in [-0.15, -0.1) is 0 Å². The lowest BCUT2D eigenvalue weighted by Crippen LogP contribution is -2.50. The van der Waals surface area contributed by atoms with Crippen molar-refractivity contribution in [3.63, 3.8) is 0 Å². The highest BCUT2D eigenvalue weighted by Crippen LogP contribution is 2.36. The van der Waals surface area contributed by atoms with Crippen molar-refractivity contribution < 1.29 is 17.2 Å². The van der Waals surface area contributed by atoms with E-state index >= 15 is 0 Å². The first-order chi connectivity index (χ1) is 7.11. The van der Waals surface area contributed by atoms with Gasteiger partial charge in [0.2, 0.25) is 9.84 Å². The first-order valence-corrected chi connectivity index (χ1v) is 9.76. The summed E-state index contributed by atoms with van der Waals surface area (Å²) in [6.07, 6.45) is 0. The van der Waals surface area contributed by atoms with Gasteiger partial charge in [0.05, 0.1) is 4.90 Å². The van der Waals surface area contributed by atoms with Gasteiger partial charge < -0.3 is 0 Å². The predicted octanol–water partition coefficient (Wildman–Crippen LogP) is 2.93. The van der Waals surface area contributed by atoms with Gasteiger partial charge in [0.15, 0.2) is 8.07 Å². The molecule has 0 aliphatic carbocycles. The Kier molecular flexibility index (Phi) is 3.26. The number of halogens is 2. The molecule has 0 heterocycles. The van der Waals surface area contributed by atoms with Crippen molar-refractivity contribution >= 4 is 17.9 Å². The zero-order valence-electron chi connectivity index (χ0n) is 9.37. The Morgan fingerprint density at radius 3 is 1.88 bits per heavy atom. The van der Waals surface area contributed by atoms with E-state index in [9.17, 15) is 17.2 Å². The Balaban J connectivity index is 3.35. The monoisotopic (exact) mass is 264 g/mol. The van der Waals surface area contributed by atoms with E-state index in [2.05, 4.69) is 0 Å². The van der Waals surface area contributed by atoms with Crippen molar-refractivity contribution in [2.45, 2.75) is 29.4 Å². The van der Waals surface area contributed by atoms with Crippen LogP contribution < -0.4 is 0 Å². The fraction of sp³-hybridized carbons (Fsp3) is 0.400. The predicted molar refractivity (Wildman–Crippen MR) is 61.9 cm³/mol. The van der Waals surface area contributed by atoms with Crippen molar-refractivity contribution in [2.24, 2.45) is 0 Å². The number of hydrogen-bond acceptors (Lipinski definition) is 2. The second-order valence-electron chi connectivity index (χ2n) is 4.58. The number of rotatable bonds is 3. The Morgan fingerprint density at radius 2 is 1.50 bits per heavy atom. The van der Waals surface area contributed by atoms with E-state index in [0.29, 0.717) is 0 Å². The van der Waals surface area contributed by atoms with Crippen LogP contribution in [0.2, 0.25) is 19.6 Å². The second kappa shape index (κ2) is 3.92. The van der Waals surface area contributed by atoms with Crippen LogP contribution in [0.5, 0.6) is 0 Å². The molecule has 1 aromatic carbocycles. The molecule has 0 aliphatic rings. The molecular formula is C10H14F2O2SSi. The SMILES string of the molecule is C[Si](C)(C)C(F)(F)S(=O)(=O)c1ccccc1. The van der Waals surface area contributed by atoms with Crippen LogP contribution in [0, 0.1) is 0 Å². The zero-order chi connectivity index (χ0) is 12.6. The molecule has 0 saturated heterocycles. The highest BCUT2D eigenvalue weighted by atomic mass is 32.2. The first kappa shape index (κ1) is 13.3. The maximum absolute atomic E-state index is 13.9. The molecule has 0 atom stereocenters. The Labute approximate surface area is 95.2 Å². The Morgan fingerprint density at radius 1 is 1.06 bits per heavy atom. The molecule has 90 valence electrons. The molecule has 0 amide bonds. The molecule has 0 saturated carbocycles. The summed E-state index contributed by atoms with van der Waals surface area (Å²) in [5.74, 6) is 0. The van der Waals surface area contributed by atoms with Gasteiger partial charge in [0.25, 0.3) is 0 Å². The van der Waals surface area contributed by atoms with Crippen LogP contribution in [0.25, 0.3) is 0 Å². The van der Waals surface area contributed by atoms with Crippen LogP contribution in [-0.4, -0.2) is 21.4 Å². The average Bonchev–Trinajstić information content (AvgIpc) is 2.17. The summed E-state index contributed by atoms with van der Waals surface area (Å²) in [7, 11) is -7.69. The molecule has 0 aliphatic heterocycles. The minimum absolute atomic E-state index is 0.317. The molecule has 0 radical (unpaired) electrons. The van der Waals surface area contributed by atoms with Gasteiger partial charge >= 0.3 is 4.88 Å².